The molecule has 20 heavy (non-hydrogen) atoms. The smallest absolute Gasteiger partial charge is 0.308 e. The number of methoxy groups -OCH3 is 1. The molecule has 4 nitrogen and oxygen atoms in total. The zero-order valence-electron chi connectivity index (χ0n) is 12.2. The lowest BCUT2D eigenvalue weighted by molar-refractivity contribution is -0.141. The third-order valence-corrected chi connectivity index (χ3v) is 3.46. The Balaban J connectivity index is 2.50. The molecule has 0 bridgehead atoms. The van der Waals surface area contributed by atoms with Gasteiger partial charge in [-0.25, -0.2) is 0 Å². The van der Waals surface area contributed by atoms with Crippen LogP contribution in [0.25, 0.3) is 0 Å². The molecule has 0 unspecified atom stereocenters. The molecule has 112 valence electrons. The van der Waals surface area contributed by atoms with E-state index in [4.69, 9.17) is 4.74 Å². The third kappa shape index (κ3) is 6.39. The van der Waals surface area contributed by atoms with Crippen LogP contribution < -0.4 is 10.1 Å². The fraction of sp³-hybridized carbons (Fsp3) is 0.533. The molecule has 0 saturated carbocycles. The molecule has 1 N–H and O–H groups in total. The lowest BCUT2D eigenvalue weighted by Crippen LogP contribution is -2.19. The van der Waals surface area contributed by atoms with E-state index in [-0.39, 0.29) is 12.4 Å². The summed E-state index contributed by atoms with van der Waals surface area (Å²) in [4.78, 5) is 11.0. The first-order valence-electron chi connectivity index (χ1n) is 6.71. The molecule has 1 aromatic carbocycles. The van der Waals surface area contributed by atoms with Gasteiger partial charge in [0.2, 0.25) is 0 Å². The minimum absolute atomic E-state index is 0.257. The fourth-order valence-corrected chi connectivity index (χ4v) is 2.01. The number of benzene rings is 1. The first kappa shape index (κ1) is 17.0. The van der Waals surface area contributed by atoms with E-state index in [0.717, 1.165) is 28.9 Å². The van der Waals surface area contributed by atoms with Crippen LogP contribution in [0.1, 0.15) is 25.8 Å². The van der Waals surface area contributed by atoms with Crippen LogP contribution in [0.3, 0.4) is 0 Å². The van der Waals surface area contributed by atoms with Crippen molar-refractivity contribution in [2.24, 2.45) is 5.92 Å². The average Bonchev–Trinajstić information content (AvgIpc) is 2.41. The Morgan fingerprint density at radius 3 is 2.80 bits per heavy atom. The minimum atomic E-state index is -0.263. The Bertz CT molecular complexity index is 435. The summed E-state index contributed by atoms with van der Waals surface area (Å²) in [6, 6.07) is 5.82. The molecular weight excluding hydrogens is 322 g/mol. The van der Waals surface area contributed by atoms with Crippen molar-refractivity contribution < 1.29 is 14.3 Å². The van der Waals surface area contributed by atoms with E-state index in [9.17, 15) is 4.79 Å². The predicted molar refractivity (Wildman–Crippen MR) is 82.8 cm³/mol. The van der Waals surface area contributed by atoms with Crippen molar-refractivity contribution in [3.63, 3.8) is 0 Å². The molecule has 0 spiro atoms. The maximum Gasteiger partial charge on any atom is 0.308 e. The van der Waals surface area contributed by atoms with Crippen molar-refractivity contribution in [3.05, 3.63) is 28.2 Å². The van der Waals surface area contributed by atoms with Crippen LogP contribution in [-0.4, -0.2) is 26.2 Å². The Morgan fingerprint density at radius 1 is 1.40 bits per heavy atom. The lowest BCUT2D eigenvalue weighted by Gasteiger charge is -2.11. The van der Waals surface area contributed by atoms with Crippen molar-refractivity contribution in [3.8, 4) is 5.75 Å². The zero-order chi connectivity index (χ0) is 15.0. The van der Waals surface area contributed by atoms with Crippen molar-refractivity contribution in [2.75, 3.05) is 20.3 Å². The first-order valence-corrected chi connectivity index (χ1v) is 7.51. The van der Waals surface area contributed by atoms with E-state index in [1.807, 2.05) is 18.2 Å². The Labute approximate surface area is 129 Å². The van der Waals surface area contributed by atoms with Crippen molar-refractivity contribution in [1.29, 1.82) is 0 Å². The topological polar surface area (TPSA) is 47.6 Å². The van der Waals surface area contributed by atoms with Crippen molar-refractivity contribution in [1.82, 2.24) is 5.32 Å². The Kier molecular flexibility index (Phi) is 7.62. The second-order valence-electron chi connectivity index (χ2n) is 4.95. The molecule has 0 aliphatic carbocycles. The third-order valence-electron chi connectivity index (χ3n) is 2.69. The van der Waals surface area contributed by atoms with Gasteiger partial charge in [0.05, 0.1) is 20.1 Å². The largest absolute Gasteiger partial charge is 0.493 e. The summed E-state index contributed by atoms with van der Waals surface area (Å²) < 4.78 is 11.2. The molecule has 0 heterocycles. The van der Waals surface area contributed by atoms with Crippen LogP contribution in [0.2, 0.25) is 0 Å². The van der Waals surface area contributed by atoms with E-state index in [0.29, 0.717) is 12.5 Å². The van der Waals surface area contributed by atoms with Crippen LogP contribution in [0.5, 0.6) is 5.75 Å². The molecule has 5 heteroatoms. The van der Waals surface area contributed by atoms with Gasteiger partial charge in [-0.3, -0.25) is 4.79 Å². The number of ether oxygens (including phenoxy) is 2. The second kappa shape index (κ2) is 8.97. The first-order chi connectivity index (χ1) is 9.52. The summed E-state index contributed by atoms with van der Waals surface area (Å²) in [5.74, 6) is 1.12. The van der Waals surface area contributed by atoms with Gasteiger partial charge in [0.15, 0.2) is 0 Å². The second-order valence-corrected chi connectivity index (χ2v) is 5.81. The van der Waals surface area contributed by atoms with Gasteiger partial charge in [-0.15, -0.1) is 0 Å². The van der Waals surface area contributed by atoms with Crippen LogP contribution in [0, 0.1) is 5.92 Å². The van der Waals surface area contributed by atoms with Gasteiger partial charge < -0.3 is 14.8 Å². The predicted octanol–water partition coefficient (Wildman–Crippen LogP) is 3.14. The van der Waals surface area contributed by atoms with E-state index in [2.05, 4.69) is 39.8 Å². The zero-order valence-corrected chi connectivity index (χ0v) is 13.8. The normalized spacial score (nSPS) is 10.7. The van der Waals surface area contributed by atoms with E-state index >= 15 is 0 Å². The molecular formula is C15H22BrNO3. The highest BCUT2D eigenvalue weighted by molar-refractivity contribution is 9.10. The van der Waals surface area contributed by atoms with E-state index in [1.165, 1.54) is 7.11 Å². The summed E-state index contributed by atoms with van der Waals surface area (Å²) >= 11 is 3.53. The number of esters is 1. The highest BCUT2D eigenvalue weighted by Crippen LogP contribution is 2.22. The monoisotopic (exact) mass is 343 g/mol. The van der Waals surface area contributed by atoms with Crippen molar-refractivity contribution >= 4 is 21.9 Å². The van der Waals surface area contributed by atoms with Crippen LogP contribution >= 0.6 is 15.9 Å². The van der Waals surface area contributed by atoms with Gasteiger partial charge >= 0.3 is 5.97 Å². The highest BCUT2D eigenvalue weighted by Gasteiger charge is 2.05. The number of carbonyl (C=O) groups excluding carboxylic acids is 1. The van der Waals surface area contributed by atoms with Crippen LogP contribution in [0.15, 0.2) is 22.7 Å². The van der Waals surface area contributed by atoms with Crippen LogP contribution in [0.4, 0.5) is 0 Å². The van der Waals surface area contributed by atoms with Crippen molar-refractivity contribution in [2.45, 2.75) is 26.8 Å². The standard InChI is InChI=1S/C15H22BrNO3/c1-11(2)9-17-10-12-8-13(4-5-14(12)16)20-7-6-15(18)19-3/h4-5,8,11,17H,6-7,9-10H2,1-3H3. The average molecular weight is 344 g/mol. The molecule has 0 aliphatic heterocycles. The molecule has 1 rings (SSSR count). The molecule has 0 aromatic heterocycles. The van der Waals surface area contributed by atoms with E-state index < -0.39 is 0 Å². The van der Waals surface area contributed by atoms with E-state index in [1.54, 1.807) is 0 Å². The summed E-state index contributed by atoms with van der Waals surface area (Å²) in [6.07, 6.45) is 0.257. The molecule has 0 radical (unpaired) electrons. The maximum atomic E-state index is 11.0. The Hall–Kier alpha value is -1.07. The minimum Gasteiger partial charge on any atom is -0.493 e. The fourth-order valence-electron chi connectivity index (χ4n) is 1.63. The molecule has 0 atom stereocenters. The SMILES string of the molecule is COC(=O)CCOc1ccc(Br)c(CNCC(C)C)c1. The number of carbonyl (C=O) groups is 1. The van der Waals surface area contributed by atoms with Gasteiger partial charge in [0, 0.05) is 11.0 Å². The van der Waals surface area contributed by atoms with Gasteiger partial charge in [-0.1, -0.05) is 29.8 Å². The summed E-state index contributed by atoms with van der Waals surface area (Å²) in [5, 5.41) is 3.39. The van der Waals surface area contributed by atoms with Gasteiger partial charge in [-0.2, -0.15) is 0 Å². The van der Waals surface area contributed by atoms with Gasteiger partial charge in [-0.05, 0) is 36.2 Å². The highest BCUT2D eigenvalue weighted by atomic mass is 79.9. The molecule has 0 saturated heterocycles. The van der Waals surface area contributed by atoms with Crippen LogP contribution in [-0.2, 0) is 16.1 Å². The number of nitrogens with one attached hydrogen (secondary N) is 1. The quantitative estimate of drug-likeness (QED) is 0.736. The number of halogens is 1. The van der Waals surface area contributed by atoms with Gasteiger partial charge in [0.25, 0.3) is 0 Å². The molecule has 0 amide bonds. The number of hydrogen-bond acceptors (Lipinski definition) is 4. The number of hydrogen-bond donors (Lipinski definition) is 1. The van der Waals surface area contributed by atoms with Gasteiger partial charge in [0.1, 0.15) is 5.75 Å². The summed E-state index contributed by atoms with van der Waals surface area (Å²) in [5.41, 5.74) is 1.14. The maximum absolute atomic E-state index is 11.0. The summed E-state index contributed by atoms with van der Waals surface area (Å²) in [7, 11) is 1.38. The molecule has 0 fully saturated rings. The lowest BCUT2D eigenvalue weighted by atomic mass is 10.2. The number of rotatable bonds is 8. The molecule has 1 aromatic rings. The molecule has 0 aliphatic rings. The summed E-state index contributed by atoms with van der Waals surface area (Å²) in [6.45, 7) is 6.43. The Morgan fingerprint density at radius 2 is 2.15 bits per heavy atom.